The van der Waals surface area contributed by atoms with Crippen molar-refractivity contribution in [1.82, 2.24) is 15.5 Å². The Morgan fingerprint density at radius 3 is 2.56 bits per heavy atom. The molecular weight excluding hydrogens is 412 g/mol. The number of ether oxygens (including phenoxy) is 1. The molecule has 2 atom stereocenters. The smallest absolute Gasteiger partial charge is 0.261 e. The lowest BCUT2D eigenvalue weighted by atomic mass is 10.0. The molecular formula is C19H25BrN4O3. The van der Waals surface area contributed by atoms with E-state index in [9.17, 15) is 9.59 Å². The van der Waals surface area contributed by atoms with E-state index in [2.05, 4.69) is 36.8 Å². The monoisotopic (exact) mass is 436 g/mol. The summed E-state index contributed by atoms with van der Waals surface area (Å²) in [4.78, 5) is 25.1. The Balaban J connectivity index is 2.01. The third-order valence-corrected chi connectivity index (χ3v) is 4.48. The average Bonchev–Trinajstić information content (AvgIpc) is 3.09. The van der Waals surface area contributed by atoms with E-state index in [0.29, 0.717) is 18.0 Å². The number of hydrogen-bond donors (Lipinski definition) is 3. The van der Waals surface area contributed by atoms with Gasteiger partial charge < -0.3 is 15.4 Å². The Morgan fingerprint density at radius 1 is 1.22 bits per heavy atom. The van der Waals surface area contributed by atoms with Crippen molar-refractivity contribution >= 4 is 33.6 Å². The highest BCUT2D eigenvalue weighted by atomic mass is 79.9. The second-order valence-corrected chi connectivity index (χ2v) is 7.70. The molecule has 1 aromatic carbocycles. The highest BCUT2D eigenvalue weighted by Gasteiger charge is 2.25. The van der Waals surface area contributed by atoms with Gasteiger partial charge in [-0.3, -0.25) is 14.7 Å². The van der Waals surface area contributed by atoms with Crippen LogP contribution in [0.2, 0.25) is 0 Å². The lowest BCUT2D eigenvalue weighted by molar-refractivity contribution is -0.131. The quantitative estimate of drug-likeness (QED) is 0.590. The SMILES string of the molecule is Cc1ccc(OC(C)C(=O)NC(CC(C)C)C(=O)Nc2ccn[nH]2)c(Br)c1. The minimum absolute atomic E-state index is 0.227. The Labute approximate surface area is 167 Å². The normalized spacial score (nSPS) is 13.1. The minimum Gasteiger partial charge on any atom is -0.480 e. The van der Waals surface area contributed by atoms with E-state index in [0.717, 1.165) is 10.0 Å². The molecule has 7 nitrogen and oxygen atoms in total. The molecule has 0 spiro atoms. The van der Waals surface area contributed by atoms with Crippen molar-refractivity contribution < 1.29 is 14.3 Å². The van der Waals surface area contributed by atoms with Gasteiger partial charge in [-0.1, -0.05) is 19.9 Å². The van der Waals surface area contributed by atoms with Gasteiger partial charge in [-0.25, -0.2) is 0 Å². The maximum Gasteiger partial charge on any atom is 0.261 e. The Bertz CT molecular complexity index is 777. The molecule has 1 aromatic heterocycles. The van der Waals surface area contributed by atoms with Crippen LogP contribution < -0.4 is 15.4 Å². The van der Waals surface area contributed by atoms with Crippen molar-refractivity contribution in [3.63, 3.8) is 0 Å². The molecule has 0 aliphatic rings. The van der Waals surface area contributed by atoms with Gasteiger partial charge in [0, 0.05) is 6.07 Å². The number of rotatable bonds is 8. The number of aryl methyl sites for hydroxylation is 1. The van der Waals surface area contributed by atoms with Gasteiger partial charge in [-0.2, -0.15) is 5.10 Å². The molecule has 0 fully saturated rings. The first-order valence-corrected chi connectivity index (χ1v) is 9.59. The molecule has 1 heterocycles. The number of benzene rings is 1. The van der Waals surface area contributed by atoms with Gasteiger partial charge in [-0.05, 0) is 59.8 Å². The van der Waals surface area contributed by atoms with Crippen LogP contribution in [0.5, 0.6) is 5.75 Å². The number of hydrogen-bond acceptors (Lipinski definition) is 4. The van der Waals surface area contributed by atoms with Crippen LogP contribution in [-0.4, -0.2) is 34.2 Å². The van der Waals surface area contributed by atoms with E-state index < -0.39 is 12.1 Å². The third kappa shape index (κ3) is 6.39. The first kappa shape index (κ1) is 21.0. The molecule has 3 N–H and O–H groups in total. The molecule has 2 amide bonds. The maximum absolute atomic E-state index is 12.6. The Morgan fingerprint density at radius 2 is 1.96 bits per heavy atom. The molecule has 0 saturated heterocycles. The van der Waals surface area contributed by atoms with Crippen LogP contribution in [0, 0.1) is 12.8 Å². The predicted molar refractivity (Wildman–Crippen MR) is 108 cm³/mol. The Kier molecular flexibility index (Phi) is 7.41. The van der Waals surface area contributed by atoms with Crippen LogP contribution in [0.4, 0.5) is 5.82 Å². The third-order valence-electron chi connectivity index (χ3n) is 3.86. The number of H-pyrrole nitrogens is 1. The fourth-order valence-electron chi connectivity index (χ4n) is 2.48. The number of aromatic nitrogens is 2. The molecule has 27 heavy (non-hydrogen) atoms. The summed E-state index contributed by atoms with van der Waals surface area (Å²) >= 11 is 3.43. The highest BCUT2D eigenvalue weighted by molar-refractivity contribution is 9.10. The van der Waals surface area contributed by atoms with Gasteiger partial charge in [0.15, 0.2) is 6.10 Å². The van der Waals surface area contributed by atoms with Crippen molar-refractivity contribution in [3.8, 4) is 5.75 Å². The van der Waals surface area contributed by atoms with Gasteiger partial charge in [-0.15, -0.1) is 0 Å². The van der Waals surface area contributed by atoms with Crippen LogP contribution in [0.1, 0.15) is 32.8 Å². The average molecular weight is 437 g/mol. The van der Waals surface area contributed by atoms with Crippen LogP contribution in [0.25, 0.3) is 0 Å². The molecule has 0 saturated carbocycles. The van der Waals surface area contributed by atoms with Crippen molar-refractivity contribution in [1.29, 1.82) is 0 Å². The van der Waals surface area contributed by atoms with E-state index >= 15 is 0 Å². The van der Waals surface area contributed by atoms with Crippen molar-refractivity contribution in [3.05, 3.63) is 40.5 Å². The highest BCUT2D eigenvalue weighted by Crippen LogP contribution is 2.26. The van der Waals surface area contributed by atoms with Crippen molar-refractivity contribution in [2.75, 3.05) is 5.32 Å². The van der Waals surface area contributed by atoms with Gasteiger partial charge in [0.05, 0.1) is 10.7 Å². The van der Waals surface area contributed by atoms with Crippen LogP contribution >= 0.6 is 15.9 Å². The lowest BCUT2D eigenvalue weighted by Crippen LogP contribution is -2.48. The minimum atomic E-state index is -0.751. The number of anilines is 1. The molecule has 0 aliphatic heterocycles. The summed E-state index contributed by atoms with van der Waals surface area (Å²) in [5, 5.41) is 12.0. The van der Waals surface area contributed by atoms with Crippen LogP contribution in [0.15, 0.2) is 34.9 Å². The number of carbonyl (C=O) groups is 2. The number of nitrogens with one attached hydrogen (secondary N) is 3. The van der Waals surface area contributed by atoms with Crippen LogP contribution in [0.3, 0.4) is 0 Å². The number of nitrogens with zero attached hydrogens (tertiary/aromatic N) is 1. The topological polar surface area (TPSA) is 96.1 Å². The summed E-state index contributed by atoms with van der Waals surface area (Å²) in [6.07, 6.45) is 1.30. The molecule has 0 bridgehead atoms. The van der Waals surface area contributed by atoms with Crippen molar-refractivity contribution in [2.24, 2.45) is 5.92 Å². The Hall–Kier alpha value is -2.35. The van der Waals surface area contributed by atoms with Gasteiger partial charge in [0.2, 0.25) is 5.91 Å². The van der Waals surface area contributed by atoms with Gasteiger partial charge >= 0.3 is 0 Å². The number of aromatic amines is 1. The first-order valence-electron chi connectivity index (χ1n) is 8.79. The van der Waals surface area contributed by atoms with E-state index in [-0.39, 0.29) is 17.7 Å². The molecule has 8 heteroatoms. The standard InChI is InChI=1S/C19H25BrN4O3/c1-11(2)9-15(19(26)23-17-7-8-21-24-17)22-18(25)13(4)27-16-6-5-12(3)10-14(16)20/h5-8,10-11,13,15H,9H2,1-4H3,(H,22,25)(H2,21,23,24,26). The number of amides is 2. The number of halogens is 1. The first-order chi connectivity index (χ1) is 12.8. The molecule has 2 unspecified atom stereocenters. The van der Waals surface area contributed by atoms with Gasteiger partial charge in [0.1, 0.15) is 17.6 Å². The predicted octanol–water partition coefficient (Wildman–Crippen LogP) is 3.42. The summed E-state index contributed by atoms with van der Waals surface area (Å²) < 4.78 is 6.52. The van der Waals surface area contributed by atoms with E-state index in [1.54, 1.807) is 25.3 Å². The fourth-order valence-corrected chi connectivity index (χ4v) is 3.07. The van der Waals surface area contributed by atoms with Gasteiger partial charge in [0.25, 0.3) is 5.91 Å². The summed E-state index contributed by atoms with van der Waals surface area (Å²) in [6.45, 7) is 7.61. The number of carbonyl (C=O) groups excluding carboxylic acids is 2. The molecule has 2 aromatic rings. The summed E-state index contributed by atoms with van der Waals surface area (Å²) in [5.74, 6) is 0.629. The van der Waals surface area contributed by atoms with Crippen LogP contribution in [-0.2, 0) is 9.59 Å². The molecule has 2 rings (SSSR count). The molecule has 146 valence electrons. The maximum atomic E-state index is 12.6. The van der Waals surface area contributed by atoms with E-state index in [1.165, 1.54) is 0 Å². The molecule has 0 radical (unpaired) electrons. The van der Waals surface area contributed by atoms with Crippen molar-refractivity contribution in [2.45, 2.75) is 46.3 Å². The summed E-state index contributed by atoms with van der Waals surface area (Å²) in [7, 11) is 0. The summed E-state index contributed by atoms with van der Waals surface area (Å²) in [6, 6.07) is 6.60. The second-order valence-electron chi connectivity index (χ2n) is 6.84. The fraction of sp³-hybridized carbons (Fsp3) is 0.421. The second kappa shape index (κ2) is 9.55. The zero-order valence-corrected chi connectivity index (χ0v) is 17.5. The van der Waals surface area contributed by atoms with E-state index in [4.69, 9.17) is 4.74 Å². The largest absolute Gasteiger partial charge is 0.480 e. The zero-order chi connectivity index (χ0) is 20.0. The van der Waals surface area contributed by atoms with E-state index in [1.807, 2.05) is 32.9 Å². The summed E-state index contributed by atoms with van der Waals surface area (Å²) in [5.41, 5.74) is 1.08. The molecule has 0 aliphatic carbocycles. The lowest BCUT2D eigenvalue weighted by Gasteiger charge is -2.22. The zero-order valence-electron chi connectivity index (χ0n) is 15.9.